The standard InChI is InChI=1S/C12H12BrClN2O/c1-3-7-5-6-9(17-7)12-15-8(4-2)10(13)11(14)16-12/h5-6H,3-4H2,1-2H3. The van der Waals surface area contributed by atoms with Gasteiger partial charge in [-0.15, -0.1) is 0 Å². The average molecular weight is 316 g/mol. The highest BCUT2D eigenvalue weighted by atomic mass is 79.9. The number of aryl methyl sites for hydroxylation is 2. The summed E-state index contributed by atoms with van der Waals surface area (Å²) in [5.41, 5.74) is 0.884. The molecule has 0 aliphatic carbocycles. The molecule has 2 rings (SSSR count). The van der Waals surface area contributed by atoms with Crippen LogP contribution in [0.1, 0.15) is 25.3 Å². The molecule has 2 aromatic heterocycles. The van der Waals surface area contributed by atoms with Gasteiger partial charge < -0.3 is 4.42 Å². The molecule has 0 bridgehead atoms. The van der Waals surface area contributed by atoms with Gasteiger partial charge in [0.1, 0.15) is 10.9 Å². The van der Waals surface area contributed by atoms with E-state index in [0.717, 1.165) is 28.8 Å². The van der Waals surface area contributed by atoms with E-state index < -0.39 is 0 Å². The second-order valence-electron chi connectivity index (χ2n) is 3.57. The van der Waals surface area contributed by atoms with Crippen LogP contribution in [-0.4, -0.2) is 9.97 Å². The van der Waals surface area contributed by atoms with Gasteiger partial charge in [0, 0.05) is 6.42 Å². The van der Waals surface area contributed by atoms with Gasteiger partial charge in [0.2, 0.25) is 0 Å². The molecule has 0 aliphatic heterocycles. The Hall–Kier alpha value is -0.870. The first-order valence-electron chi connectivity index (χ1n) is 5.46. The van der Waals surface area contributed by atoms with Crippen LogP contribution in [0.2, 0.25) is 5.15 Å². The van der Waals surface area contributed by atoms with Gasteiger partial charge in [-0.25, -0.2) is 9.97 Å². The highest BCUT2D eigenvalue weighted by Gasteiger charge is 2.13. The molecule has 2 heterocycles. The smallest absolute Gasteiger partial charge is 0.197 e. The molecule has 5 heteroatoms. The Bertz CT molecular complexity index is 539. The SMILES string of the molecule is CCc1ccc(-c2nc(Cl)c(Br)c(CC)n2)o1. The van der Waals surface area contributed by atoms with E-state index in [9.17, 15) is 0 Å². The van der Waals surface area contributed by atoms with Crippen LogP contribution >= 0.6 is 27.5 Å². The molecule has 0 amide bonds. The zero-order valence-electron chi connectivity index (χ0n) is 9.63. The maximum atomic E-state index is 6.05. The fourth-order valence-corrected chi connectivity index (χ4v) is 2.14. The van der Waals surface area contributed by atoms with Crippen LogP contribution in [0.4, 0.5) is 0 Å². The molecule has 0 saturated carbocycles. The second-order valence-corrected chi connectivity index (χ2v) is 4.72. The summed E-state index contributed by atoms with van der Waals surface area (Å²) in [4.78, 5) is 8.65. The Kier molecular flexibility index (Phi) is 3.84. The molecular formula is C12H12BrClN2O. The molecule has 17 heavy (non-hydrogen) atoms. The van der Waals surface area contributed by atoms with E-state index in [2.05, 4.69) is 25.9 Å². The monoisotopic (exact) mass is 314 g/mol. The van der Waals surface area contributed by atoms with E-state index in [-0.39, 0.29) is 0 Å². The van der Waals surface area contributed by atoms with Crippen molar-refractivity contribution in [2.45, 2.75) is 26.7 Å². The molecule has 0 unspecified atom stereocenters. The maximum absolute atomic E-state index is 6.05. The number of rotatable bonds is 3. The summed E-state index contributed by atoms with van der Waals surface area (Å²) < 4.78 is 6.37. The average Bonchev–Trinajstić information content (AvgIpc) is 2.81. The molecule has 3 nitrogen and oxygen atoms in total. The van der Waals surface area contributed by atoms with E-state index in [4.69, 9.17) is 16.0 Å². The van der Waals surface area contributed by atoms with Crippen molar-refractivity contribution in [3.8, 4) is 11.6 Å². The third kappa shape index (κ3) is 2.53. The Morgan fingerprint density at radius 3 is 2.59 bits per heavy atom. The third-order valence-electron chi connectivity index (χ3n) is 2.44. The second kappa shape index (κ2) is 5.19. The van der Waals surface area contributed by atoms with Gasteiger partial charge in [0.15, 0.2) is 11.6 Å². The Labute approximate surface area is 113 Å². The lowest BCUT2D eigenvalue weighted by atomic mass is 10.3. The highest BCUT2D eigenvalue weighted by molar-refractivity contribution is 9.10. The van der Waals surface area contributed by atoms with Gasteiger partial charge in [-0.3, -0.25) is 0 Å². The molecule has 0 fully saturated rings. The van der Waals surface area contributed by atoms with Gasteiger partial charge >= 0.3 is 0 Å². The summed E-state index contributed by atoms with van der Waals surface area (Å²) >= 11 is 9.43. The van der Waals surface area contributed by atoms with Gasteiger partial charge in [-0.05, 0) is 34.5 Å². The molecule has 0 N–H and O–H groups in total. The van der Waals surface area contributed by atoms with E-state index >= 15 is 0 Å². The van der Waals surface area contributed by atoms with Crippen molar-refractivity contribution < 1.29 is 4.42 Å². The molecular weight excluding hydrogens is 304 g/mol. The summed E-state index contributed by atoms with van der Waals surface area (Å²) in [5, 5.41) is 0.418. The van der Waals surface area contributed by atoms with Gasteiger partial charge in [-0.2, -0.15) is 0 Å². The Morgan fingerprint density at radius 2 is 2.00 bits per heavy atom. The molecule has 0 saturated heterocycles. The summed E-state index contributed by atoms with van der Waals surface area (Å²) in [7, 11) is 0. The first-order chi connectivity index (χ1) is 8.15. The molecule has 0 spiro atoms. The lowest BCUT2D eigenvalue weighted by Crippen LogP contribution is -1.96. The maximum Gasteiger partial charge on any atom is 0.197 e. The summed E-state index contributed by atoms with van der Waals surface area (Å²) in [5.74, 6) is 2.11. The number of hydrogen-bond acceptors (Lipinski definition) is 3. The lowest BCUT2D eigenvalue weighted by Gasteiger charge is -2.04. The number of halogens is 2. The largest absolute Gasteiger partial charge is 0.458 e. The van der Waals surface area contributed by atoms with Crippen molar-refractivity contribution in [2.75, 3.05) is 0 Å². The highest BCUT2D eigenvalue weighted by Crippen LogP contribution is 2.28. The normalized spacial score (nSPS) is 10.8. The quantitative estimate of drug-likeness (QED) is 0.794. The van der Waals surface area contributed by atoms with E-state index in [1.54, 1.807) is 0 Å². The van der Waals surface area contributed by atoms with Gasteiger partial charge in [0.25, 0.3) is 0 Å². The van der Waals surface area contributed by atoms with Gasteiger partial charge in [0.05, 0.1) is 10.2 Å². The molecule has 0 aliphatic rings. The van der Waals surface area contributed by atoms with Crippen LogP contribution in [0.5, 0.6) is 0 Å². The van der Waals surface area contributed by atoms with Crippen LogP contribution in [0.15, 0.2) is 21.0 Å². The van der Waals surface area contributed by atoms with Crippen LogP contribution in [0, 0.1) is 0 Å². The van der Waals surface area contributed by atoms with E-state index in [1.807, 2.05) is 26.0 Å². The minimum Gasteiger partial charge on any atom is -0.458 e. The zero-order valence-corrected chi connectivity index (χ0v) is 12.0. The fourth-order valence-electron chi connectivity index (χ4n) is 1.50. The third-order valence-corrected chi connectivity index (χ3v) is 3.78. The number of nitrogens with zero attached hydrogens (tertiary/aromatic N) is 2. The predicted octanol–water partition coefficient (Wildman–Crippen LogP) is 4.28. The molecule has 2 aromatic rings. The van der Waals surface area contributed by atoms with E-state index in [0.29, 0.717) is 16.7 Å². The Morgan fingerprint density at radius 1 is 1.24 bits per heavy atom. The number of hydrogen-bond donors (Lipinski definition) is 0. The van der Waals surface area contributed by atoms with Crippen molar-refractivity contribution in [1.82, 2.24) is 9.97 Å². The minimum absolute atomic E-state index is 0.418. The molecule has 0 aromatic carbocycles. The first kappa shape index (κ1) is 12.6. The zero-order chi connectivity index (χ0) is 12.4. The van der Waals surface area contributed by atoms with Crippen molar-refractivity contribution in [3.63, 3.8) is 0 Å². The van der Waals surface area contributed by atoms with Crippen molar-refractivity contribution in [3.05, 3.63) is 33.2 Å². The van der Waals surface area contributed by atoms with Crippen LogP contribution < -0.4 is 0 Å². The van der Waals surface area contributed by atoms with Crippen LogP contribution in [-0.2, 0) is 12.8 Å². The predicted molar refractivity (Wildman–Crippen MR) is 71.2 cm³/mol. The van der Waals surface area contributed by atoms with Crippen molar-refractivity contribution in [2.24, 2.45) is 0 Å². The molecule has 0 radical (unpaired) electrons. The first-order valence-corrected chi connectivity index (χ1v) is 6.63. The van der Waals surface area contributed by atoms with Crippen LogP contribution in [0.3, 0.4) is 0 Å². The van der Waals surface area contributed by atoms with E-state index in [1.165, 1.54) is 0 Å². The number of aromatic nitrogens is 2. The fraction of sp³-hybridized carbons (Fsp3) is 0.333. The van der Waals surface area contributed by atoms with Crippen molar-refractivity contribution in [1.29, 1.82) is 0 Å². The van der Waals surface area contributed by atoms with Gasteiger partial charge in [-0.1, -0.05) is 25.4 Å². The van der Waals surface area contributed by atoms with Crippen molar-refractivity contribution >= 4 is 27.5 Å². The molecule has 90 valence electrons. The molecule has 0 atom stereocenters. The summed E-state index contributed by atoms with van der Waals surface area (Å²) in [6.07, 6.45) is 1.64. The lowest BCUT2D eigenvalue weighted by molar-refractivity contribution is 0.525. The minimum atomic E-state index is 0.418. The number of furan rings is 1. The Balaban J connectivity index is 2.48. The summed E-state index contributed by atoms with van der Waals surface area (Å²) in [6, 6.07) is 3.80. The van der Waals surface area contributed by atoms with Crippen LogP contribution in [0.25, 0.3) is 11.6 Å². The summed E-state index contributed by atoms with van der Waals surface area (Å²) in [6.45, 7) is 4.06. The topological polar surface area (TPSA) is 38.9 Å².